The number of rotatable bonds is 8. The molecule has 13 nitrogen and oxygen atoms in total. The van der Waals surface area contributed by atoms with E-state index in [1.54, 1.807) is 19.1 Å². The highest BCUT2D eigenvalue weighted by atomic mass is 35.5. The van der Waals surface area contributed by atoms with Crippen LogP contribution in [0.3, 0.4) is 0 Å². The van der Waals surface area contributed by atoms with Gasteiger partial charge >= 0.3 is 5.97 Å². The molecule has 20 heteroatoms. The van der Waals surface area contributed by atoms with Crippen LogP contribution in [-0.4, -0.2) is 87.6 Å². The molecule has 2 saturated heterocycles. The number of nitrogens with one attached hydrogen (secondary N) is 1. The van der Waals surface area contributed by atoms with Gasteiger partial charge in [-0.2, -0.15) is 0 Å². The monoisotopic (exact) mass is 918 g/mol. The minimum Gasteiger partial charge on any atom is -0.480 e. The zero-order chi connectivity index (χ0) is 43.5. The van der Waals surface area contributed by atoms with E-state index in [-0.39, 0.29) is 65.6 Å². The summed E-state index contributed by atoms with van der Waals surface area (Å²) >= 11 is 11.8. The number of likely N-dealkylation sites (tertiary alicyclic amines) is 1. The van der Waals surface area contributed by atoms with Gasteiger partial charge in [0.05, 0.1) is 33.9 Å². The topological polar surface area (TPSA) is 149 Å². The van der Waals surface area contributed by atoms with Crippen molar-refractivity contribution >= 4 is 69.6 Å². The maximum Gasteiger partial charge on any atom is 0.323 e. The fourth-order valence-electron chi connectivity index (χ4n) is 7.39. The molecule has 2 saturated carbocycles. The van der Waals surface area contributed by atoms with Crippen LogP contribution in [0.1, 0.15) is 51.6 Å². The van der Waals surface area contributed by atoms with Crippen LogP contribution >= 0.6 is 35.6 Å². The smallest absolute Gasteiger partial charge is 0.323 e. The first-order valence-corrected chi connectivity index (χ1v) is 20.3. The highest BCUT2D eigenvalue weighted by Gasteiger charge is 2.41. The highest BCUT2D eigenvalue weighted by Crippen LogP contribution is 2.42. The zero-order valence-corrected chi connectivity index (χ0v) is 35.7. The third kappa shape index (κ3) is 9.26. The zero-order valence-electron chi connectivity index (χ0n) is 33.4. The van der Waals surface area contributed by atoms with E-state index >= 15 is 0 Å². The Hall–Kier alpha value is -5.23. The molecule has 0 atom stereocenters. The Bertz CT molecular complexity index is 2840. The average Bonchev–Trinajstić information content (AvgIpc) is 4.14. The molecule has 4 aliphatic rings. The second-order valence-corrected chi connectivity index (χ2v) is 17.3. The number of carbonyl (C=O) groups is 2. The first-order valence-electron chi connectivity index (χ1n) is 19.6. The van der Waals surface area contributed by atoms with Crippen molar-refractivity contribution in [3.8, 4) is 22.3 Å². The molecule has 0 unspecified atom stereocenters. The lowest BCUT2D eigenvalue weighted by Gasteiger charge is -2.42. The van der Waals surface area contributed by atoms with Gasteiger partial charge in [-0.25, -0.2) is 27.5 Å². The number of nitrogens with zero attached hydrogens (tertiary/aromatic N) is 7. The third-order valence-electron chi connectivity index (χ3n) is 10.9. The van der Waals surface area contributed by atoms with E-state index in [2.05, 4.69) is 15.3 Å². The number of amides is 1. The molecule has 0 radical (unpaired) electrons. The molecule has 10 rings (SSSR count). The molecule has 4 aromatic heterocycles. The van der Waals surface area contributed by atoms with Crippen molar-refractivity contribution in [2.45, 2.75) is 76.0 Å². The van der Waals surface area contributed by atoms with Crippen molar-refractivity contribution in [2.24, 2.45) is 0 Å². The van der Waals surface area contributed by atoms with E-state index < -0.39 is 41.0 Å². The number of hydrogen-bond acceptors (Lipinski definition) is 7. The Morgan fingerprint density at radius 3 is 1.52 bits per heavy atom. The van der Waals surface area contributed by atoms with Gasteiger partial charge in [-0.1, -0.05) is 35.3 Å². The first kappa shape index (κ1) is 44.8. The van der Waals surface area contributed by atoms with E-state index in [9.17, 15) is 36.7 Å². The van der Waals surface area contributed by atoms with Crippen LogP contribution in [-0.2, 0) is 22.7 Å². The normalized spacial score (nSPS) is 17.2. The molecule has 328 valence electrons. The van der Waals surface area contributed by atoms with Gasteiger partial charge in [0.15, 0.2) is 0 Å². The summed E-state index contributed by atoms with van der Waals surface area (Å²) in [6, 6.07) is 9.08. The number of halogens is 7. The number of benzene rings is 2. The summed E-state index contributed by atoms with van der Waals surface area (Å²) in [5.41, 5.74) is 0.312. The van der Waals surface area contributed by atoms with E-state index in [0.29, 0.717) is 57.4 Å². The van der Waals surface area contributed by atoms with Crippen molar-refractivity contribution in [3.63, 3.8) is 0 Å². The lowest BCUT2D eigenvalue weighted by molar-refractivity contribution is -0.144. The Morgan fingerprint density at radius 1 is 0.758 bits per heavy atom. The molecule has 0 spiro atoms. The van der Waals surface area contributed by atoms with Crippen LogP contribution in [0.4, 0.5) is 17.6 Å². The second-order valence-electron chi connectivity index (χ2n) is 16.4. The molecule has 0 bridgehead atoms. The summed E-state index contributed by atoms with van der Waals surface area (Å²) in [6.45, 7) is 3.47. The van der Waals surface area contributed by atoms with Crippen molar-refractivity contribution in [2.75, 3.05) is 26.2 Å². The van der Waals surface area contributed by atoms with Crippen LogP contribution in [0.5, 0.6) is 0 Å². The van der Waals surface area contributed by atoms with E-state index in [4.69, 9.17) is 28.3 Å². The quantitative estimate of drug-likeness (QED) is 0.150. The Labute approximate surface area is 367 Å². The number of fused-ring (bicyclic) bond motifs is 2. The van der Waals surface area contributed by atoms with Gasteiger partial charge in [0.1, 0.15) is 60.0 Å². The molecule has 2 aromatic carbocycles. The lowest BCUT2D eigenvalue weighted by atomic mass is 9.99. The summed E-state index contributed by atoms with van der Waals surface area (Å²) < 4.78 is 59.2. The van der Waals surface area contributed by atoms with E-state index in [0.717, 1.165) is 30.3 Å². The standard InChI is InChI=1S/C21H19ClF2N4O2.C17H13ClFN3O3.C4H8FN.ClH/c1-21(24)9-27(10-21)17(29)8-26-11-25-19-18(20(26)30)14(7-28(19)13-3-4-13)12-2-5-16(23)15(22)6-12;18-12-5-9(1-4-13(12)19)11-6-22(10-2-3-10)16-15(11)17(25)21(8-20-16)7-14(23)24;1-4(5)2-6-3-4;/h2,5-7,11,13H,3-4,8-10H2,1H3;1,4-6,8,10H,2-3,7H2,(H,23,24);6H,2-3H2,1H3;1H. The van der Waals surface area contributed by atoms with Gasteiger partial charge in [-0.3, -0.25) is 28.3 Å². The predicted octanol–water partition coefficient (Wildman–Crippen LogP) is 7.38. The molecular weight excluding hydrogens is 879 g/mol. The van der Waals surface area contributed by atoms with E-state index in [1.807, 2.05) is 21.5 Å². The van der Waals surface area contributed by atoms with Crippen molar-refractivity contribution < 1.29 is 32.3 Å². The molecule has 2 N–H and O–H groups in total. The van der Waals surface area contributed by atoms with Crippen molar-refractivity contribution in [1.82, 2.24) is 38.5 Å². The van der Waals surface area contributed by atoms with Gasteiger partial charge < -0.3 is 24.5 Å². The Morgan fingerprint density at radius 2 is 1.18 bits per heavy atom. The van der Waals surface area contributed by atoms with Crippen LogP contribution in [0.2, 0.25) is 10.0 Å². The number of carbonyl (C=O) groups excluding carboxylic acids is 1. The molecule has 62 heavy (non-hydrogen) atoms. The summed E-state index contributed by atoms with van der Waals surface area (Å²) in [5.74, 6) is -2.54. The second kappa shape index (κ2) is 17.1. The van der Waals surface area contributed by atoms with Crippen molar-refractivity contribution in [3.05, 3.63) is 104 Å². The number of carboxylic acid groups (broad SMARTS) is 1. The third-order valence-corrected chi connectivity index (χ3v) is 11.5. The SMILES string of the molecule is CC1(F)CN(C(=O)Cn2cnc3c(c(-c4ccc(F)c(Cl)c4)cn3C3CC3)c2=O)C1.CC1(F)CNC1.Cl.O=C(O)Cn1cnc2c(c(-c3ccc(F)c(Cl)c3)cn2C2CC2)c1=O. The summed E-state index contributed by atoms with van der Waals surface area (Å²) in [4.78, 5) is 59.6. The van der Waals surface area contributed by atoms with E-state index in [1.165, 1.54) is 53.3 Å². The maximum absolute atomic E-state index is 13.7. The minimum absolute atomic E-state index is 0. The van der Waals surface area contributed by atoms with Crippen LogP contribution in [0, 0.1) is 11.6 Å². The molecule has 6 heterocycles. The largest absolute Gasteiger partial charge is 0.480 e. The molecule has 4 fully saturated rings. The van der Waals surface area contributed by atoms with Crippen molar-refractivity contribution in [1.29, 1.82) is 0 Å². The first-order chi connectivity index (χ1) is 28.9. The Kier molecular flexibility index (Phi) is 12.4. The molecule has 2 aliphatic carbocycles. The average molecular weight is 920 g/mol. The summed E-state index contributed by atoms with van der Waals surface area (Å²) in [6.07, 6.45) is 10.2. The maximum atomic E-state index is 13.7. The van der Waals surface area contributed by atoms with Gasteiger partial charge in [-0.05, 0) is 74.9 Å². The van der Waals surface area contributed by atoms with Gasteiger partial charge in [0.2, 0.25) is 5.91 Å². The Balaban J connectivity index is 0.000000164. The number of hydrogen-bond donors (Lipinski definition) is 2. The highest BCUT2D eigenvalue weighted by molar-refractivity contribution is 6.31. The fourth-order valence-corrected chi connectivity index (χ4v) is 7.75. The van der Waals surface area contributed by atoms with Crippen LogP contribution in [0.15, 0.2) is 71.0 Å². The van der Waals surface area contributed by atoms with Crippen LogP contribution < -0.4 is 16.4 Å². The summed E-state index contributed by atoms with van der Waals surface area (Å²) in [5, 5.41) is 12.4. The molecule has 1 amide bonds. The number of aliphatic carboxylic acids is 1. The van der Waals surface area contributed by atoms with Gasteiger partial charge in [-0.15, -0.1) is 12.4 Å². The molecule has 6 aromatic rings. The number of alkyl halides is 2. The predicted molar refractivity (Wildman–Crippen MR) is 229 cm³/mol. The fraction of sp³-hybridized carbons (Fsp3) is 0.381. The summed E-state index contributed by atoms with van der Waals surface area (Å²) in [7, 11) is 0. The minimum atomic E-state index is -1.38. The van der Waals surface area contributed by atoms with Gasteiger partial charge in [0, 0.05) is 48.7 Å². The molecule has 2 aliphatic heterocycles. The van der Waals surface area contributed by atoms with Gasteiger partial charge in [0.25, 0.3) is 11.1 Å². The number of carboxylic acids is 1. The van der Waals surface area contributed by atoms with Crippen LogP contribution in [0.25, 0.3) is 44.3 Å². The lowest BCUT2D eigenvalue weighted by Crippen LogP contribution is -2.60. The number of aromatic nitrogens is 6. The molecular formula is C42H41Cl3F4N8O5.